The van der Waals surface area contributed by atoms with E-state index in [-0.39, 0.29) is 44.9 Å². The molecule has 0 amide bonds. The van der Waals surface area contributed by atoms with Gasteiger partial charge in [-0.3, -0.25) is 10.1 Å². The van der Waals surface area contributed by atoms with Gasteiger partial charge in [0, 0.05) is 36.2 Å². The Balaban J connectivity index is 0.000000322. The first-order valence-corrected chi connectivity index (χ1v) is 21.0. The first-order chi connectivity index (χ1) is 28.9. The van der Waals surface area contributed by atoms with Crippen LogP contribution in [0.4, 0.5) is 5.69 Å². The third kappa shape index (κ3) is 9.66. The van der Waals surface area contributed by atoms with Gasteiger partial charge in [0.2, 0.25) is 19.6 Å². The van der Waals surface area contributed by atoms with Crippen LogP contribution in [-0.2, 0) is 20.1 Å². The van der Waals surface area contributed by atoms with E-state index in [0.29, 0.717) is 0 Å². The number of aromatic carboxylic acids is 1. The number of nitrogens with zero attached hydrogens (tertiary/aromatic N) is 1. The predicted molar refractivity (Wildman–Crippen MR) is 236 cm³/mol. The van der Waals surface area contributed by atoms with Crippen LogP contribution in [0.5, 0.6) is 23.0 Å². The fraction of sp³-hybridized carbons (Fsp3) is 0.0417. The van der Waals surface area contributed by atoms with E-state index in [1.807, 2.05) is 0 Å². The number of hydrogen-bond acceptors (Lipinski definition) is 7. The Kier molecular flexibility index (Phi) is 15.0. The van der Waals surface area contributed by atoms with Gasteiger partial charge in [-0.25, -0.2) is 0 Å². The van der Waals surface area contributed by atoms with Gasteiger partial charge in [0.1, 0.15) is 0 Å². The molecule has 0 spiro atoms. The summed E-state index contributed by atoms with van der Waals surface area (Å²) in [4.78, 5) is 19.8. The largest absolute Gasteiger partial charge is 0.521 e. The molecular weight excluding hydrogens is 973 g/mol. The van der Waals surface area contributed by atoms with Crippen LogP contribution in [0.3, 0.4) is 0 Å². The van der Waals surface area contributed by atoms with E-state index in [2.05, 4.69) is 165 Å². The van der Waals surface area contributed by atoms with Crippen LogP contribution >= 0.6 is 15.8 Å². The van der Waals surface area contributed by atoms with E-state index in [4.69, 9.17) is 24.1 Å². The normalized spacial score (nSPS) is 11.7. The molecule has 9 rings (SSSR count). The molecule has 2 aliphatic heterocycles. The van der Waals surface area contributed by atoms with Crippen molar-refractivity contribution in [3.8, 4) is 34.1 Å². The zero-order valence-electron chi connectivity index (χ0n) is 32.0. The fourth-order valence-corrected chi connectivity index (χ4v) is 11.5. The average Bonchev–Trinajstić information content (AvgIpc) is 3.97. The Morgan fingerprint density at radius 1 is 0.633 bits per heavy atom. The molecule has 0 saturated carbocycles. The number of ether oxygens (including phenoxy) is 4. The standard InChI is InChI=1S/C38H28O4P2.C7H4NO4.C3H5.Ir/c1-5-13-27(14-6-1)43(28-15-7-2-8-16-28)33-23-21-31-37(41-25-39-31)35(33)36-34(24-22-32-38(36)42-26-40-32)44(29-17-9-3-10-18-29)30-19-11-4-12-20-30;9-7(10)5-2-1-3-6(4-5)8(11)12;1-3-2;/h1-24H,25-26H2;1,3-4H,(H,9,10);3H,1-2H2;/q;-1;;. The van der Waals surface area contributed by atoms with Gasteiger partial charge in [-0.05, 0) is 78.9 Å². The number of carbonyl (C=O) groups is 1. The van der Waals surface area contributed by atoms with Crippen LogP contribution in [0.15, 0.2) is 176 Å². The van der Waals surface area contributed by atoms with E-state index >= 15 is 0 Å². The first-order valence-electron chi connectivity index (χ1n) is 18.3. The zero-order valence-corrected chi connectivity index (χ0v) is 36.2. The summed E-state index contributed by atoms with van der Waals surface area (Å²) in [5, 5.41) is 26.0. The van der Waals surface area contributed by atoms with Crippen molar-refractivity contribution in [3.63, 3.8) is 0 Å². The van der Waals surface area contributed by atoms with Crippen molar-refractivity contribution < 1.29 is 53.9 Å². The quantitative estimate of drug-likeness (QED) is 0.0664. The minimum Gasteiger partial charge on any atom is -0.521 e. The van der Waals surface area contributed by atoms with E-state index in [0.717, 1.165) is 40.2 Å². The summed E-state index contributed by atoms with van der Waals surface area (Å²) in [5.41, 5.74) is 1.57. The van der Waals surface area contributed by atoms with E-state index in [1.165, 1.54) is 50.0 Å². The van der Waals surface area contributed by atoms with E-state index in [1.54, 1.807) is 0 Å². The SMILES string of the molecule is O=C(O)c1[c-]ccc([N+](=O)[O-])c1.[CH2]C=C.[Ir].c1ccc(P(c2ccccc2)c2ccc3c(c2-c2c(P(c4ccccc4)c4ccccc4)ccc4c2OCO4)OCO3)cc1. The second-order valence-corrected chi connectivity index (χ2v) is 17.1. The van der Waals surface area contributed by atoms with Crippen LogP contribution < -0.4 is 50.8 Å². The molecule has 2 radical (unpaired) electrons. The minimum atomic E-state index is -1.22. The van der Waals surface area contributed by atoms with Crippen molar-refractivity contribution in [1.29, 1.82) is 0 Å². The van der Waals surface area contributed by atoms with Crippen molar-refractivity contribution in [1.82, 2.24) is 0 Å². The number of nitro benzene ring substituents is 1. The maximum Gasteiger partial charge on any atom is 0.247 e. The molecular formula is C48H37IrNO8P2-. The molecule has 0 aromatic heterocycles. The Hall–Kier alpha value is -6.14. The molecule has 0 saturated heterocycles. The molecule has 2 heterocycles. The summed E-state index contributed by atoms with van der Waals surface area (Å²) in [7, 11) is -1.94. The van der Waals surface area contributed by atoms with Gasteiger partial charge in [-0.15, -0.1) is 18.7 Å². The molecule has 0 atom stereocenters. The molecule has 0 aliphatic carbocycles. The summed E-state index contributed by atoms with van der Waals surface area (Å²) in [6.07, 6.45) is 1.50. The van der Waals surface area contributed by atoms with Crippen LogP contribution in [0.1, 0.15) is 10.4 Å². The molecule has 60 heavy (non-hydrogen) atoms. The Morgan fingerprint density at radius 2 is 1.00 bits per heavy atom. The Labute approximate surface area is 364 Å². The second kappa shape index (κ2) is 20.7. The minimum absolute atomic E-state index is 0. The molecule has 0 bridgehead atoms. The molecule has 0 fully saturated rings. The van der Waals surface area contributed by atoms with Crippen LogP contribution in [-0.4, -0.2) is 29.6 Å². The summed E-state index contributed by atoms with van der Waals surface area (Å²) in [6, 6.07) is 57.3. The van der Waals surface area contributed by atoms with Crippen LogP contribution in [0.25, 0.3) is 11.1 Å². The van der Waals surface area contributed by atoms with Gasteiger partial charge in [-0.1, -0.05) is 145 Å². The molecule has 12 heteroatoms. The van der Waals surface area contributed by atoms with Crippen molar-refractivity contribution >= 4 is 59.3 Å². The van der Waals surface area contributed by atoms with E-state index < -0.39 is 26.7 Å². The summed E-state index contributed by atoms with van der Waals surface area (Å²) in [5.74, 6) is 1.77. The molecule has 9 nitrogen and oxygen atoms in total. The molecule has 7 aromatic carbocycles. The van der Waals surface area contributed by atoms with Gasteiger partial charge < -0.3 is 28.8 Å². The number of benzene rings is 7. The van der Waals surface area contributed by atoms with E-state index in [9.17, 15) is 14.9 Å². The molecule has 302 valence electrons. The van der Waals surface area contributed by atoms with Gasteiger partial charge in [0.15, 0.2) is 28.7 Å². The number of fused-ring (bicyclic) bond motifs is 2. The maximum absolute atomic E-state index is 10.3. The van der Waals surface area contributed by atoms with Crippen LogP contribution in [0, 0.1) is 23.1 Å². The second-order valence-electron chi connectivity index (χ2n) is 12.7. The summed E-state index contributed by atoms with van der Waals surface area (Å²) < 4.78 is 24.7. The monoisotopic (exact) mass is 1010 g/mol. The number of carboxylic acids is 1. The Bertz CT molecular complexity index is 2310. The van der Waals surface area contributed by atoms with Gasteiger partial charge in [0.05, 0.1) is 0 Å². The van der Waals surface area contributed by atoms with Crippen molar-refractivity contribution in [3.05, 3.63) is 205 Å². The van der Waals surface area contributed by atoms with Gasteiger partial charge >= 0.3 is 0 Å². The smallest absolute Gasteiger partial charge is 0.247 e. The van der Waals surface area contributed by atoms with Gasteiger partial charge in [-0.2, -0.15) is 0 Å². The summed E-state index contributed by atoms with van der Waals surface area (Å²) in [6.45, 7) is 6.85. The molecule has 2 aliphatic rings. The predicted octanol–water partition coefficient (Wildman–Crippen LogP) is 8.42. The maximum atomic E-state index is 10.3. The Morgan fingerprint density at radius 3 is 1.33 bits per heavy atom. The molecule has 0 unspecified atom stereocenters. The van der Waals surface area contributed by atoms with Gasteiger partial charge in [0.25, 0.3) is 0 Å². The number of allylic oxidation sites excluding steroid dienone is 1. The number of carboxylic acid groups (broad SMARTS) is 1. The number of rotatable bonds is 9. The summed E-state index contributed by atoms with van der Waals surface area (Å²) >= 11 is 0. The number of nitro groups is 1. The molecule has 1 N–H and O–H groups in total. The topological polar surface area (TPSA) is 117 Å². The third-order valence-corrected chi connectivity index (χ3v) is 14.0. The number of non-ortho nitro benzene ring substituents is 1. The average molecular weight is 1010 g/mol. The van der Waals surface area contributed by atoms with Crippen molar-refractivity contribution in [2.45, 2.75) is 0 Å². The number of hydrogen-bond donors (Lipinski definition) is 1. The molecule has 7 aromatic rings. The van der Waals surface area contributed by atoms with Crippen molar-refractivity contribution in [2.24, 2.45) is 0 Å². The first kappa shape index (κ1) is 43.4. The zero-order chi connectivity index (χ0) is 41.1. The van der Waals surface area contributed by atoms with Crippen molar-refractivity contribution in [2.75, 3.05) is 13.6 Å². The fourth-order valence-electron chi connectivity index (χ4n) is 6.63. The van der Waals surface area contributed by atoms with Crippen LogP contribution in [0.2, 0.25) is 0 Å². The third-order valence-electron chi connectivity index (χ3n) is 9.05.